The van der Waals surface area contributed by atoms with Crippen molar-refractivity contribution in [1.29, 1.82) is 0 Å². The number of hydrogen-bond acceptors (Lipinski definition) is 10. The average Bonchev–Trinajstić information content (AvgIpc) is 3.68. The Bertz CT molecular complexity index is 1540. The molecule has 2 N–H and O–H groups in total. The minimum atomic E-state index is 0.262. The van der Waals surface area contributed by atoms with Gasteiger partial charge >= 0.3 is 0 Å². The maximum absolute atomic E-state index is 6.22. The van der Waals surface area contributed by atoms with Gasteiger partial charge in [-0.2, -0.15) is 14.6 Å². The molecule has 190 valence electrons. The van der Waals surface area contributed by atoms with Crippen LogP contribution in [0.1, 0.15) is 12.5 Å². The van der Waals surface area contributed by atoms with E-state index in [9.17, 15) is 0 Å². The molecule has 4 aromatic heterocycles. The molecule has 5 heterocycles. The van der Waals surface area contributed by atoms with Crippen LogP contribution in [-0.4, -0.2) is 79.8 Å². The number of nitrogens with zero attached hydrogens (tertiary/aromatic N) is 9. The lowest BCUT2D eigenvalue weighted by molar-refractivity contribution is 0.213. The summed E-state index contributed by atoms with van der Waals surface area (Å²) >= 11 is 0. The van der Waals surface area contributed by atoms with Gasteiger partial charge in [-0.05, 0) is 36.8 Å². The summed E-state index contributed by atoms with van der Waals surface area (Å²) in [5.41, 5.74) is 10.7. The van der Waals surface area contributed by atoms with Crippen LogP contribution in [0.25, 0.3) is 28.3 Å². The predicted molar refractivity (Wildman–Crippen MR) is 141 cm³/mol. The van der Waals surface area contributed by atoms with Gasteiger partial charge in [0.05, 0.1) is 30.1 Å². The van der Waals surface area contributed by atoms with Crippen molar-refractivity contribution >= 4 is 34.0 Å². The Kier molecular flexibility index (Phi) is 5.93. The predicted octanol–water partition coefficient (Wildman–Crippen LogP) is 2.51. The molecule has 6 rings (SSSR count). The van der Waals surface area contributed by atoms with Crippen LogP contribution in [-0.2, 0) is 11.4 Å². The first kappa shape index (κ1) is 23.0. The highest BCUT2D eigenvalue weighted by Crippen LogP contribution is 2.24. The van der Waals surface area contributed by atoms with Gasteiger partial charge < -0.3 is 19.9 Å². The topological polar surface area (TPSA) is 128 Å². The van der Waals surface area contributed by atoms with E-state index >= 15 is 0 Å². The molecule has 1 aromatic carbocycles. The molecule has 0 aliphatic carbocycles. The smallest absolute Gasteiger partial charge is 0.225 e. The maximum atomic E-state index is 6.22. The normalized spacial score (nSPS) is 15.2. The fourth-order valence-electron chi connectivity index (χ4n) is 4.70. The average molecular weight is 501 g/mol. The fourth-order valence-corrected chi connectivity index (χ4v) is 4.70. The molecule has 0 amide bonds. The molecule has 12 heteroatoms. The third-order valence-electron chi connectivity index (χ3n) is 6.72. The lowest BCUT2D eigenvalue weighted by Crippen LogP contribution is -2.47. The van der Waals surface area contributed by atoms with Crippen molar-refractivity contribution in [3.05, 3.63) is 54.4 Å². The molecular formula is C25H28N10O2. The highest BCUT2D eigenvalue weighted by molar-refractivity contribution is 5.98. The molecule has 1 fully saturated rings. The second-order valence-corrected chi connectivity index (χ2v) is 8.96. The SMILES string of the molecule is CON=C(C)c1ccc(N2CCN(CCn3ncc4c3nc(N)n3nc(-c5ccco5)nc43)CC2)cc1. The van der Waals surface area contributed by atoms with E-state index in [0.717, 1.165) is 49.4 Å². The first-order valence-corrected chi connectivity index (χ1v) is 12.2. The van der Waals surface area contributed by atoms with Crippen molar-refractivity contribution < 1.29 is 9.25 Å². The third kappa shape index (κ3) is 4.35. The summed E-state index contributed by atoms with van der Waals surface area (Å²) in [4.78, 5) is 18.9. The van der Waals surface area contributed by atoms with Crippen LogP contribution in [0.3, 0.4) is 0 Å². The van der Waals surface area contributed by atoms with Crippen molar-refractivity contribution in [1.82, 2.24) is 34.3 Å². The van der Waals surface area contributed by atoms with Crippen LogP contribution < -0.4 is 10.6 Å². The zero-order valence-electron chi connectivity index (χ0n) is 20.8. The molecular weight excluding hydrogens is 472 g/mol. The molecule has 0 bridgehead atoms. The summed E-state index contributed by atoms with van der Waals surface area (Å²) in [7, 11) is 1.56. The Morgan fingerprint density at radius 1 is 1.05 bits per heavy atom. The van der Waals surface area contributed by atoms with Crippen LogP contribution in [0.2, 0.25) is 0 Å². The van der Waals surface area contributed by atoms with Gasteiger partial charge in [0.1, 0.15) is 7.11 Å². The van der Waals surface area contributed by atoms with E-state index in [1.807, 2.05) is 17.7 Å². The van der Waals surface area contributed by atoms with E-state index in [-0.39, 0.29) is 5.95 Å². The number of piperazine rings is 1. The third-order valence-corrected chi connectivity index (χ3v) is 6.72. The number of nitrogens with two attached hydrogens (primary N) is 1. The highest BCUT2D eigenvalue weighted by atomic mass is 16.6. The standard InChI is InChI=1S/C25H28N10O2/c1-17(31-36-2)18-5-7-19(8-6-18)33-12-9-32(10-13-33)11-14-34-23-20(16-27-34)24-28-22(21-4-3-15-37-21)30-35(24)25(26)29-23/h3-8,15-16H,9-14H2,1-2H3,(H2,26,29). The molecule has 1 aliphatic heterocycles. The monoisotopic (exact) mass is 500 g/mol. The maximum Gasteiger partial charge on any atom is 0.225 e. The zero-order chi connectivity index (χ0) is 25.4. The molecule has 0 radical (unpaired) electrons. The van der Waals surface area contributed by atoms with Gasteiger partial charge in [-0.15, -0.1) is 5.10 Å². The van der Waals surface area contributed by atoms with Crippen LogP contribution in [0, 0.1) is 0 Å². The largest absolute Gasteiger partial charge is 0.461 e. The van der Waals surface area contributed by atoms with Crippen LogP contribution in [0.4, 0.5) is 11.6 Å². The molecule has 12 nitrogen and oxygen atoms in total. The number of oxime groups is 1. The fraction of sp³-hybridized carbons (Fsp3) is 0.320. The van der Waals surface area contributed by atoms with Crippen molar-refractivity contribution in [2.45, 2.75) is 13.5 Å². The minimum absolute atomic E-state index is 0.262. The Morgan fingerprint density at radius 2 is 1.86 bits per heavy atom. The van der Waals surface area contributed by atoms with E-state index in [1.54, 1.807) is 25.6 Å². The summed E-state index contributed by atoms with van der Waals surface area (Å²) in [5, 5.41) is 13.8. The molecule has 37 heavy (non-hydrogen) atoms. The van der Waals surface area contributed by atoms with Gasteiger partial charge in [-0.25, -0.2) is 9.67 Å². The number of fused-ring (bicyclic) bond motifs is 3. The molecule has 5 aromatic rings. The van der Waals surface area contributed by atoms with Crippen LogP contribution in [0.15, 0.2) is 58.4 Å². The first-order valence-electron chi connectivity index (χ1n) is 12.2. The Hall–Kier alpha value is -4.45. The summed E-state index contributed by atoms with van der Waals surface area (Å²) in [6.45, 7) is 7.39. The van der Waals surface area contributed by atoms with Gasteiger partial charge in [0.15, 0.2) is 17.1 Å². The zero-order valence-corrected chi connectivity index (χ0v) is 20.8. The lowest BCUT2D eigenvalue weighted by Gasteiger charge is -2.36. The second-order valence-electron chi connectivity index (χ2n) is 8.96. The van der Waals surface area contributed by atoms with Crippen molar-refractivity contribution in [3.8, 4) is 11.6 Å². The molecule has 1 aliphatic rings. The number of aromatic nitrogens is 6. The Morgan fingerprint density at radius 3 is 2.59 bits per heavy atom. The Labute approximate surface area is 212 Å². The van der Waals surface area contributed by atoms with E-state index in [4.69, 9.17) is 15.0 Å². The van der Waals surface area contributed by atoms with E-state index < -0.39 is 0 Å². The molecule has 0 spiro atoms. The second kappa shape index (κ2) is 9.54. The van der Waals surface area contributed by atoms with Gasteiger partial charge in [0, 0.05) is 38.4 Å². The molecule has 1 saturated heterocycles. The summed E-state index contributed by atoms with van der Waals surface area (Å²) in [5.74, 6) is 1.30. The number of hydrogen-bond donors (Lipinski definition) is 1. The van der Waals surface area contributed by atoms with Gasteiger partial charge in [0.2, 0.25) is 11.8 Å². The molecule has 0 atom stereocenters. The molecule has 0 saturated carbocycles. The quantitative estimate of drug-likeness (QED) is 0.265. The minimum Gasteiger partial charge on any atom is -0.461 e. The van der Waals surface area contributed by atoms with Crippen LogP contribution in [0.5, 0.6) is 0 Å². The highest BCUT2D eigenvalue weighted by Gasteiger charge is 2.20. The number of rotatable bonds is 7. The van der Waals surface area contributed by atoms with Gasteiger partial charge in [0.25, 0.3) is 0 Å². The summed E-state index contributed by atoms with van der Waals surface area (Å²) in [6, 6.07) is 12.1. The van der Waals surface area contributed by atoms with E-state index in [2.05, 4.69) is 59.4 Å². The van der Waals surface area contributed by atoms with Crippen molar-refractivity contribution in [3.63, 3.8) is 0 Å². The Balaban J connectivity index is 1.11. The van der Waals surface area contributed by atoms with E-state index in [1.165, 1.54) is 10.2 Å². The van der Waals surface area contributed by atoms with Gasteiger partial charge in [-0.3, -0.25) is 4.90 Å². The summed E-state index contributed by atoms with van der Waals surface area (Å²) < 4.78 is 8.85. The van der Waals surface area contributed by atoms with Crippen molar-refractivity contribution in [2.24, 2.45) is 5.16 Å². The number of furan rings is 1. The van der Waals surface area contributed by atoms with Crippen molar-refractivity contribution in [2.75, 3.05) is 50.5 Å². The summed E-state index contributed by atoms with van der Waals surface area (Å²) in [6.07, 6.45) is 3.37. The van der Waals surface area contributed by atoms with Gasteiger partial charge in [-0.1, -0.05) is 17.3 Å². The first-order chi connectivity index (χ1) is 18.1. The number of benzene rings is 1. The number of anilines is 2. The number of nitrogen functional groups attached to an aromatic ring is 1. The van der Waals surface area contributed by atoms with Crippen LogP contribution >= 0.6 is 0 Å². The lowest BCUT2D eigenvalue weighted by atomic mass is 10.1. The molecule has 0 unspecified atom stereocenters. The van der Waals surface area contributed by atoms with E-state index in [0.29, 0.717) is 29.4 Å².